The highest BCUT2D eigenvalue weighted by atomic mass is 79.9. The van der Waals surface area contributed by atoms with Gasteiger partial charge in [0.2, 0.25) is 0 Å². The van der Waals surface area contributed by atoms with Gasteiger partial charge >= 0.3 is 0 Å². The molecule has 0 aliphatic carbocycles. The van der Waals surface area contributed by atoms with E-state index in [1.165, 1.54) is 12.1 Å². The van der Waals surface area contributed by atoms with Crippen LogP contribution in [0.15, 0.2) is 53.0 Å². The van der Waals surface area contributed by atoms with Gasteiger partial charge in [-0.25, -0.2) is 4.39 Å². The highest BCUT2D eigenvalue weighted by Gasteiger charge is 2.23. The van der Waals surface area contributed by atoms with Crippen molar-refractivity contribution >= 4 is 39.2 Å². The highest BCUT2D eigenvalue weighted by molar-refractivity contribution is 9.10. The maximum absolute atomic E-state index is 13.3. The molecule has 5 nitrogen and oxygen atoms in total. The van der Waals surface area contributed by atoms with Crippen LogP contribution in [0.3, 0.4) is 0 Å². The molecule has 1 heterocycles. The minimum atomic E-state index is -0.283. The van der Waals surface area contributed by atoms with Crippen molar-refractivity contribution in [2.75, 3.05) is 32.8 Å². The molecule has 2 aromatic carbocycles. The lowest BCUT2D eigenvalue weighted by atomic mass is 10.0. The quantitative estimate of drug-likeness (QED) is 0.663. The van der Waals surface area contributed by atoms with E-state index < -0.39 is 0 Å². The van der Waals surface area contributed by atoms with E-state index in [1.807, 2.05) is 6.07 Å². The van der Waals surface area contributed by atoms with Crippen molar-refractivity contribution < 1.29 is 13.9 Å². The number of carbonyl (C=O) groups is 1. The summed E-state index contributed by atoms with van der Waals surface area (Å²) >= 11 is 8.67. The molecule has 3 rings (SSSR count). The molecule has 0 spiro atoms. The molecule has 0 saturated carbocycles. The zero-order chi connectivity index (χ0) is 19.9. The fourth-order valence-electron chi connectivity index (χ4n) is 3.08. The predicted molar refractivity (Wildman–Crippen MR) is 114 cm³/mol. The maximum Gasteiger partial charge on any atom is 0.258 e. The number of hydrogen-bond acceptors (Lipinski definition) is 4. The normalized spacial score (nSPS) is 15.6. The predicted octanol–water partition coefficient (Wildman–Crippen LogP) is 3.27. The maximum atomic E-state index is 13.3. The molecule has 8 heteroatoms. The van der Waals surface area contributed by atoms with Gasteiger partial charge in [-0.3, -0.25) is 15.0 Å². The Morgan fingerprint density at radius 1 is 1.18 bits per heavy atom. The molecule has 1 aliphatic heterocycles. The lowest BCUT2D eigenvalue weighted by Crippen LogP contribution is -2.46. The van der Waals surface area contributed by atoms with Gasteiger partial charge in [-0.15, -0.1) is 0 Å². The van der Waals surface area contributed by atoms with Gasteiger partial charge < -0.3 is 10.1 Å². The molecule has 2 aromatic rings. The first kappa shape index (κ1) is 20.9. The number of benzene rings is 2. The summed E-state index contributed by atoms with van der Waals surface area (Å²) in [6, 6.07) is 13.6. The number of rotatable bonds is 5. The van der Waals surface area contributed by atoms with Gasteiger partial charge in [0.15, 0.2) is 5.11 Å². The van der Waals surface area contributed by atoms with Crippen molar-refractivity contribution in [2.24, 2.45) is 0 Å². The lowest BCUT2D eigenvalue weighted by molar-refractivity contribution is 0.0170. The van der Waals surface area contributed by atoms with Crippen LogP contribution in [0.5, 0.6) is 0 Å². The number of hydrogen-bond donors (Lipinski definition) is 2. The number of thiocarbonyl (C=S) groups is 1. The Labute approximate surface area is 177 Å². The van der Waals surface area contributed by atoms with Gasteiger partial charge in [-0.2, -0.15) is 0 Å². The molecule has 28 heavy (non-hydrogen) atoms. The van der Waals surface area contributed by atoms with Crippen molar-refractivity contribution in [3.63, 3.8) is 0 Å². The first-order valence-electron chi connectivity index (χ1n) is 8.95. The topological polar surface area (TPSA) is 53.6 Å². The smallest absolute Gasteiger partial charge is 0.258 e. The molecule has 0 bridgehead atoms. The molecule has 1 amide bonds. The van der Waals surface area contributed by atoms with Crippen molar-refractivity contribution in [1.82, 2.24) is 15.5 Å². The monoisotopic (exact) mass is 465 g/mol. The molecule has 0 radical (unpaired) electrons. The number of halogens is 2. The third kappa shape index (κ3) is 5.57. The second-order valence-electron chi connectivity index (χ2n) is 6.36. The second-order valence-corrected chi connectivity index (χ2v) is 7.62. The average molecular weight is 466 g/mol. The Balaban J connectivity index is 1.64. The summed E-state index contributed by atoms with van der Waals surface area (Å²) in [6.45, 7) is 3.35. The minimum Gasteiger partial charge on any atom is -0.379 e. The summed E-state index contributed by atoms with van der Waals surface area (Å²) in [5.41, 5.74) is 1.49. The van der Waals surface area contributed by atoms with E-state index >= 15 is 0 Å². The molecular formula is C20H21BrFN3O2S. The molecule has 0 aromatic heterocycles. The zero-order valence-corrected chi connectivity index (χ0v) is 17.6. The van der Waals surface area contributed by atoms with Crippen molar-refractivity contribution in [3.05, 3.63) is 69.9 Å². The number of nitrogens with one attached hydrogen (secondary N) is 2. The molecule has 1 unspecified atom stereocenters. The zero-order valence-electron chi connectivity index (χ0n) is 15.2. The van der Waals surface area contributed by atoms with Gasteiger partial charge in [0.05, 0.1) is 24.8 Å². The van der Waals surface area contributed by atoms with Crippen LogP contribution in [-0.4, -0.2) is 48.8 Å². The summed E-state index contributed by atoms with van der Waals surface area (Å²) < 4.78 is 19.5. The van der Waals surface area contributed by atoms with Crippen LogP contribution >= 0.6 is 28.1 Å². The molecule has 2 N–H and O–H groups in total. The van der Waals surface area contributed by atoms with Crippen LogP contribution in [-0.2, 0) is 4.74 Å². The summed E-state index contributed by atoms with van der Waals surface area (Å²) in [5.74, 6) is -0.552. The van der Waals surface area contributed by atoms with E-state index in [-0.39, 0.29) is 22.9 Å². The lowest BCUT2D eigenvalue weighted by Gasteiger charge is -2.35. The van der Waals surface area contributed by atoms with Crippen LogP contribution in [0.25, 0.3) is 0 Å². The number of nitrogens with zero attached hydrogens (tertiary/aromatic N) is 1. The van der Waals surface area contributed by atoms with Gasteiger partial charge in [0.25, 0.3) is 5.91 Å². The third-order valence-electron chi connectivity index (χ3n) is 4.54. The van der Waals surface area contributed by atoms with Crippen LogP contribution in [0.1, 0.15) is 22.0 Å². The SMILES string of the molecule is O=C(NC(=S)NCC(c1ccc(F)cc1)N1CCOCC1)c1ccccc1Br. The van der Waals surface area contributed by atoms with Gasteiger partial charge in [-0.05, 0) is 58.0 Å². The van der Waals surface area contributed by atoms with Gasteiger partial charge in [-0.1, -0.05) is 24.3 Å². The van der Waals surface area contributed by atoms with Crippen molar-refractivity contribution in [3.8, 4) is 0 Å². The van der Waals surface area contributed by atoms with E-state index in [0.717, 1.165) is 18.7 Å². The Morgan fingerprint density at radius 3 is 2.54 bits per heavy atom. The Kier molecular flexibility index (Phi) is 7.50. The summed E-state index contributed by atoms with van der Waals surface area (Å²) in [4.78, 5) is 14.7. The fraction of sp³-hybridized carbons (Fsp3) is 0.300. The van der Waals surface area contributed by atoms with E-state index in [0.29, 0.717) is 29.8 Å². The van der Waals surface area contributed by atoms with Crippen LogP contribution in [0, 0.1) is 5.82 Å². The van der Waals surface area contributed by atoms with Crippen molar-refractivity contribution in [2.45, 2.75) is 6.04 Å². The van der Waals surface area contributed by atoms with E-state index in [9.17, 15) is 9.18 Å². The summed E-state index contributed by atoms with van der Waals surface area (Å²) in [7, 11) is 0. The van der Waals surface area contributed by atoms with Gasteiger partial charge in [0.1, 0.15) is 5.82 Å². The summed E-state index contributed by atoms with van der Waals surface area (Å²) in [5, 5.41) is 6.08. The first-order chi connectivity index (χ1) is 13.5. The number of carbonyl (C=O) groups excluding carboxylic acids is 1. The summed E-state index contributed by atoms with van der Waals surface area (Å²) in [6.07, 6.45) is 0. The van der Waals surface area contributed by atoms with E-state index in [1.54, 1.807) is 30.3 Å². The van der Waals surface area contributed by atoms with Crippen LogP contribution < -0.4 is 10.6 Å². The third-order valence-corrected chi connectivity index (χ3v) is 5.48. The molecule has 1 saturated heterocycles. The van der Waals surface area contributed by atoms with E-state index in [2.05, 4.69) is 31.5 Å². The molecule has 1 aliphatic rings. The fourth-order valence-corrected chi connectivity index (χ4v) is 3.72. The largest absolute Gasteiger partial charge is 0.379 e. The molecular weight excluding hydrogens is 445 g/mol. The standard InChI is InChI=1S/C20H21BrFN3O2S/c21-17-4-2-1-3-16(17)19(26)24-20(28)23-13-18(25-9-11-27-12-10-25)14-5-7-15(22)8-6-14/h1-8,18H,9-13H2,(H2,23,24,26,28). The minimum absolute atomic E-state index is 0.0113. The van der Waals surface area contributed by atoms with Gasteiger partial charge in [0, 0.05) is 24.1 Å². The molecule has 1 atom stereocenters. The average Bonchev–Trinajstić information content (AvgIpc) is 2.70. The Morgan fingerprint density at radius 2 is 1.86 bits per heavy atom. The van der Waals surface area contributed by atoms with Crippen molar-refractivity contribution in [1.29, 1.82) is 0 Å². The van der Waals surface area contributed by atoms with Crippen LogP contribution in [0.2, 0.25) is 0 Å². The number of morpholine rings is 1. The highest BCUT2D eigenvalue weighted by Crippen LogP contribution is 2.22. The number of ether oxygens (including phenoxy) is 1. The Bertz CT molecular complexity index is 828. The Hall–Kier alpha value is -1.87. The second kappa shape index (κ2) is 10.1. The number of amides is 1. The molecule has 1 fully saturated rings. The first-order valence-corrected chi connectivity index (χ1v) is 10.2. The van der Waals surface area contributed by atoms with Crippen LogP contribution in [0.4, 0.5) is 4.39 Å². The van der Waals surface area contributed by atoms with E-state index in [4.69, 9.17) is 17.0 Å². The molecule has 148 valence electrons.